The highest BCUT2D eigenvalue weighted by Gasteiger charge is 2.29. The molecule has 1 heterocycles. The van der Waals surface area contributed by atoms with Gasteiger partial charge in [-0.1, -0.05) is 12.8 Å². The molecule has 3 N–H and O–H groups in total. The highest BCUT2D eigenvalue weighted by Crippen LogP contribution is 2.29. The first kappa shape index (κ1) is 16.7. The maximum absolute atomic E-state index is 12.2. The minimum Gasteiger partial charge on any atom is -0.379 e. The van der Waals surface area contributed by atoms with Gasteiger partial charge < -0.3 is 20.5 Å². The smallest absolute Gasteiger partial charge is 0.223 e. The van der Waals surface area contributed by atoms with Crippen molar-refractivity contribution >= 4 is 5.91 Å². The fourth-order valence-electron chi connectivity index (χ4n) is 3.34. The summed E-state index contributed by atoms with van der Waals surface area (Å²) in [6, 6.07) is 0. The normalized spacial score (nSPS) is 29.5. The third-order valence-electron chi connectivity index (χ3n) is 4.64. The number of hydrogen-bond acceptors (Lipinski definition) is 4. The van der Waals surface area contributed by atoms with Crippen molar-refractivity contribution in [3.63, 3.8) is 0 Å². The van der Waals surface area contributed by atoms with E-state index in [-0.39, 0.29) is 17.9 Å². The molecule has 1 saturated heterocycles. The van der Waals surface area contributed by atoms with Gasteiger partial charge in [0.1, 0.15) is 0 Å². The summed E-state index contributed by atoms with van der Waals surface area (Å²) < 4.78 is 11.1. The molecule has 0 aromatic carbocycles. The molecule has 3 unspecified atom stereocenters. The Kier molecular flexibility index (Phi) is 7.47. The molecule has 0 aromatic heterocycles. The van der Waals surface area contributed by atoms with Crippen LogP contribution in [0.15, 0.2) is 0 Å². The number of rotatable bonds is 8. The Bertz CT molecular complexity index is 306. The Morgan fingerprint density at radius 3 is 2.86 bits per heavy atom. The first-order valence-corrected chi connectivity index (χ1v) is 8.48. The van der Waals surface area contributed by atoms with E-state index in [1.54, 1.807) is 0 Å². The van der Waals surface area contributed by atoms with E-state index >= 15 is 0 Å². The van der Waals surface area contributed by atoms with Gasteiger partial charge in [0.15, 0.2) is 0 Å². The van der Waals surface area contributed by atoms with E-state index in [2.05, 4.69) is 5.32 Å². The van der Waals surface area contributed by atoms with Crippen molar-refractivity contribution in [1.29, 1.82) is 0 Å². The quantitative estimate of drug-likeness (QED) is 0.665. The monoisotopic (exact) mass is 298 g/mol. The number of nitrogens with two attached hydrogens (primary N) is 1. The molecule has 0 spiro atoms. The van der Waals surface area contributed by atoms with Gasteiger partial charge in [-0.25, -0.2) is 0 Å². The molecule has 1 aliphatic carbocycles. The molecule has 0 aromatic rings. The van der Waals surface area contributed by atoms with Crippen molar-refractivity contribution < 1.29 is 14.3 Å². The average molecular weight is 298 g/mol. The van der Waals surface area contributed by atoms with Crippen molar-refractivity contribution in [3.8, 4) is 0 Å². The van der Waals surface area contributed by atoms with Gasteiger partial charge in [0.25, 0.3) is 0 Å². The van der Waals surface area contributed by atoms with Crippen LogP contribution in [-0.2, 0) is 14.3 Å². The number of amides is 1. The Morgan fingerprint density at radius 2 is 2.10 bits per heavy atom. The van der Waals surface area contributed by atoms with Crippen LogP contribution in [0.5, 0.6) is 0 Å². The topological polar surface area (TPSA) is 73.6 Å². The summed E-state index contributed by atoms with van der Waals surface area (Å²) in [5, 5.41) is 3.04. The second kappa shape index (κ2) is 9.38. The second-order valence-corrected chi connectivity index (χ2v) is 6.24. The lowest BCUT2D eigenvalue weighted by Gasteiger charge is -2.29. The summed E-state index contributed by atoms with van der Waals surface area (Å²) in [6.07, 6.45) is 7.85. The summed E-state index contributed by atoms with van der Waals surface area (Å²) in [7, 11) is 0. The summed E-state index contributed by atoms with van der Waals surface area (Å²) in [4.78, 5) is 12.2. The number of carbonyl (C=O) groups is 1. The molecule has 2 rings (SSSR count). The van der Waals surface area contributed by atoms with Gasteiger partial charge >= 0.3 is 0 Å². The van der Waals surface area contributed by atoms with Crippen molar-refractivity contribution in [2.75, 3.05) is 32.9 Å². The van der Waals surface area contributed by atoms with E-state index in [0.29, 0.717) is 32.2 Å². The third-order valence-corrected chi connectivity index (χ3v) is 4.64. The first-order chi connectivity index (χ1) is 10.3. The highest BCUT2D eigenvalue weighted by molar-refractivity contribution is 5.79. The Labute approximate surface area is 127 Å². The molecule has 2 fully saturated rings. The molecule has 5 heteroatoms. The van der Waals surface area contributed by atoms with Gasteiger partial charge in [0.05, 0.1) is 12.7 Å². The molecule has 1 aliphatic heterocycles. The SMILES string of the molecule is NCC1CCCCC1C(=O)NCCCOCC1CCCO1. The van der Waals surface area contributed by atoms with E-state index in [0.717, 1.165) is 45.1 Å². The van der Waals surface area contributed by atoms with Crippen LogP contribution in [-0.4, -0.2) is 44.9 Å². The van der Waals surface area contributed by atoms with E-state index in [1.165, 1.54) is 6.42 Å². The zero-order valence-electron chi connectivity index (χ0n) is 13.0. The zero-order chi connectivity index (χ0) is 14.9. The van der Waals surface area contributed by atoms with Gasteiger partial charge in [0.2, 0.25) is 5.91 Å². The molecule has 3 atom stereocenters. The van der Waals surface area contributed by atoms with E-state index < -0.39 is 0 Å². The average Bonchev–Trinajstić information content (AvgIpc) is 3.03. The second-order valence-electron chi connectivity index (χ2n) is 6.24. The summed E-state index contributed by atoms with van der Waals surface area (Å²) in [5.74, 6) is 0.676. The van der Waals surface area contributed by atoms with Gasteiger partial charge in [-0.05, 0) is 44.6 Å². The maximum Gasteiger partial charge on any atom is 0.223 e. The van der Waals surface area contributed by atoms with Crippen LogP contribution in [0.25, 0.3) is 0 Å². The minimum atomic E-state index is 0.122. The van der Waals surface area contributed by atoms with Crippen LogP contribution >= 0.6 is 0 Å². The van der Waals surface area contributed by atoms with Gasteiger partial charge in [-0.15, -0.1) is 0 Å². The molecule has 1 amide bonds. The van der Waals surface area contributed by atoms with Gasteiger partial charge in [-0.3, -0.25) is 4.79 Å². The molecule has 0 bridgehead atoms. The molecule has 21 heavy (non-hydrogen) atoms. The zero-order valence-corrected chi connectivity index (χ0v) is 13.0. The fraction of sp³-hybridized carbons (Fsp3) is 0.938. The fourth-order valence-corrected chi connectivity index (χ4v) is 3.34. The lowest BCUT2D eigenvalue weighted by atomic mass is 9.79. The first-order valence-electron chi connectivity index (χ1n) is 8.48. The predicted octanol–water partition coefficient (Wildman–Crippen LogP) is 1.45. The summed E-state index contributed by atoms with van der Waals surface area (Å²) in [6.45, 7) is 3.56. The molecular formula is C16H30N2O3. The molecule has 0 radical (unpaired) electrons. The molecule has 5 nitrogen and oxygen atoms in total. The van der Waals surface area contributed by atoms with Crippen molar-refractivity contribution in [1.82, 2.24) is 5.32 Å². The van der Waals surface area contributed by atoms with Crippen LogP contribution in [0, 0.1) is 11.8 Å². The Morgan fingerprint density at radius 1 is 1.24 bits per heavy atom. The molecule has 1 saturated carbocycles. The number of nitrogens with one attached hydrogen (secondary N) is 1. The van der Waals surface area contributed by atoms with Crippen LogP contribution in [0.3, 0.4) is 0 Å². The van der Waals surface area contributed by atoms with Crippen LogP contribution in [0.1, 0.15) is 44.9 Å². The Hall–Kier alpha value is -0.650. The maximum atomic E-state index is 12.2. The lowest BCUT2D eigenvalue weighted by molar-refractivity contribution is -0.127. The van der Waals surface area contributed by atoms with E-state index in [1.807, 2.05) is 0 Å². The third kappa shape index (κ3) is 5.57. The van der Waals surface area contributed by atoms with Crippen LogP contribution < -0.4 is 11.1 Å². The lowest BCUT2D eigenvalue weighted by Crippen LogP contribution is -2.40. The molecule has 122 valence electrons. The summed E-state index contributed by atoms with van der Waals surface area (Å²) >= 11 is 0. The standard InChI is InChI=1S/C16H30N2O3/c17-11-13-5-1-2-7-15(13)16(19)18-8-4-9-20-12-14-6-3-10-21-14/h13-15H,1-12,17H2,(H,18,19). The van der Waals surface area contributed by atoms with Gasteiger partial charge in [0, 0.05) is 25.7 Å². The van der Waals surface area contributed by atoms with E-state index in [9.17, 15) is 4.79 Å². The van der Waals surface area contributed by atoms with Crippen molar-refractivity contribution in [2.45, 2.75) is 51.0 Å². The predicted molar refractivity (Wildman–Crippen MR) is 81.9 cm³/mol. The number of ether oxygens (including phenoxy) is 2. The van der Waals surface area contributed by atoms with Crippen molar-refractivity contribution in [2.24, 2.45) is 17.6 Å². The van der Waals surface area contributed by atoms with Crippen LogP contribution in [0.2, 0.25) is 0 Å². The Balaban J connectivity index is 1.52. The molecular weight excluding hydrogens is 268 g/mol. The minimum absolute atomic E-state index is 0.122. The van der Waals surface area contributed by atoms with Gasteiger partial charge in [-0.2, -0.15) is 0 Å². The largest absolute Gasteiger partial charge is 0.379 e. The highest BCUT2D eigenvalue weighted by atomic mass is 16.5. The van der Waals surface area contributed by atoms with Crippen LogP contribution in [0.4, 0.5) is 0 Å². The molecule has 2 aliphatic rings. The number of hydrogen-bond donors (Lipinski definition) is 2. The number of carbonyl (C=O) groups excluding carboxylic acids is 1. The van der Waals surface area contributed by atoms with Crippen molar-refractivity contribution in [3.05, 3.63) is 0 Å². The summed E-state index contributed by atoms with van der Waals surface area (Å²) in [5.41, 5.74) is 5.77. The van der Waals surface area contributed by atoms with E-state index in [4.69, 9.17) is 15.2 Å².